The Kier molecular flexibility index (Phi) is 6.20. The summed E-state index contributed by atoms with van der Waals surface area (Å²) in [5.41, 5.74) is 1.18. The molecule has 1 fully saturated rings. The van der Waals surface area contributed by atoms with Crippen LogP contribution in [0, 0.1) is 5.82 Å². The summed E-state index contributed by atoms with van der Waals surface area (Å²) in [4.78, 5) is 14.8. The Morgan fingerprint density at radius 3 is 2.25 bits per heavy atom. The summed E-state index contributed by atoms with van der Waals surface area (Å²) in [6, 6.07) is 7.68. The second kappa shape index (κ2) is 8.79. The van der Waals surface area contributed by atoms with Gasteiger partial charge in [-0.05, 0) is 30.3 Å². The van der Waals surface area contributed by atoms with Gasteiger partial charge in [0.25, 0.3) is 5.91 Å². The Morgan fingerprint density at radius 2 is 1.68 bits per heavy atom. The molecule has 1 amide bonds. The van der Waals surface area contributed by atoms with Crippen LogP contribution in [-0.4, -0.2) is 53.5 Å². The molecule has 0 unspecified atom stereocenters. The fourth-order valence-electron chi connectivity index (χ4n) is 3.03. The zero-order valence-electron chi connectivity index (χ0n) is 16.1. The number of anilines is 2. The first-order valence-electron chi connectivity index (χ1n) is 8.81. The van der Waals surface area contributed by atoms with E-state index in [0.717, 1.165) is 5.69 Å². The molecule has 0 atom stereocenters. The van der Waals surface area contributed by atoms with E-state index in [1.54, 1.807) is 12.1 Å². The van der Waals surface area contributed by atoms with Gasteiger partial charge >= 0.3 is 0 Å². The number of nitrogens with one attached hydrogen (secondary N) is 1. The molecule has 0 bridgehead atoms. The molecule has 7 nitrogen and oxygen atoms in total. The first-order valence-corrected chi connectivity index (χ1v) is 8.81. The van der Waals surface area contributed by atoms with Crippen molar-refractivity contribution in [1.29, 1.82) is 0 Å². The Bertz CT molecular complexity index is 827. The average Bonchev–Trinajstić information content (AvgIpc) is 2.74. The van der Waals surface area contributed by atoms with Crippen molar-refractivity contribution in [2.45, 2.75) is 0 Å². The van der Waals surface area contributed by atoms with Crippen molar-refractivity contribution in [2.24, 2.45) is 0 Å². The topological polar surface area (TPSA) is 69.3 Å². The fourth-order valence-corrected chi connectivity index (χ4v) is 3.03. The molecule has 1 N–H and O–H groups in total. The van der Waals surface area contributed by atoms with Crippen LogP contribution in [0.15, 0.2) is 30.3 Å². The van der Waals surface area contributed by atoms with Gasteiger partial charge in [-0.3, -0.25) is 4.79 Å². The summed E-state index contributed by atoms with van der Waals surface area (Å²) in [5, 5.41) is 2.62. The number of carbonyl (C=O) groups is 1. The number of hydrogen-bond donors (Lipinski definition) is 1. The van der Waals surface area contributed by atoms with E-state index >= 15 is 0 Å². The van der Waals surface area contributed by atoms with Crippen molar-refractivity contribution in [3.05, 3.63) is 41.7 Å². The Hall–Kier alpha value is -3.00. The van der Waals surface area contributed by atoms with Crippen molar-refractivity contribution < 1.29 is 28.1 Å². The van der Waals surface area contributed by atoms with Gasteiger partial charge in [0, 0.05) is 24.3 Å². The lowest BCUT2D eigenvalue weighted by molar-refractivity contribution is 0.102. The predicted octanol–water partition coefficient (Wildman–Crippen LogP) is 2.94. The van der Waals surface area contributed by atoms with Crippen molar-refractivity contribution in [3.8, 4) is 17.2 Å². The monoisotopic (exact) mass is 390 g/mol. The van der Waals surface area contributed by atoms with Crippen LogP contribution >= 0.6 is 0 Å². The quantitative estimate of drug-likeness (QED) is 0.818. The van der Waals surface area contributed by atoms with Gasteiger partial charge in [0.05, 0.1) is 40.2 Å². The second-order valence-electron chi connectivity index (χ2n) is 6.13. The molecular weight excluding hydrogens is 367 g/mol. The molecule has 0 spiro atoms. The highest BCUT2D eigenvalue weighted by Crippen LogP contribution is 2.38. The second-order valence-corrected chi connectivity index (χ2v) is 6.13. The zero-order valence-corrected chi connectivity index (χ0v) is 16.1. The van der Waals surface area contributed by atoms with E-state index in [1.807, 2.05) is 0 Å². The number of amides is 1. The highest BCUT2D eigenvalue weighted by molar-refractivity contribution is 6.05. The maximum Gasteiger partial charge on any atom is 0.256 e. The van der Waals surface area contributed by atoms with Crippen molar-refractivity contribution >= 4 is 17.3 Å². The third kappa shape index (κ3) is 4.12. The molecule has 0 radical (unpaired) electrons. The smallest absolute Gasteiger partial charge is 0.256 e. The van der Waals surface area contributed by atoms with Crippen molar-refractivity contribution in [3.63, 3.8) is 0 Å². The van der Waals surface area contributed by atoms with E-state index in [-0.39, 0.29) is 11.3 Å². The van der Waals surface area contributed by atoms with E-state index < -0.39 is 11.7 Å². The molecule has 150 valence electrons. The third-order valence-corrected chi connectivity index (χ3v) is 4.50. The van der Waals surface area contributed by atoms with Gasteiger partial charge in [-0.15, -0.1) is 0 Å². The van der Waals surface area contributed by atoms with Crippen LogP contribution in [0.4, 0.5) is 15.8 Å². The van der Waals surface area contributed by atoms with Crippen molar-refractivity contribution in [1.82, 2.24) is 0 Å². The lowest BCUT2D eigenvalue weighted by Crippen LogP contribution is -2.36. The lowest BCUT2D eigenvalue weighted by atomic mass is 10.1. The molecule has 2 aromatic carbocycles. The first kappa shape index (κ1) is 19.8. The van der Waals surface area contributed by atoms with E-state index in [2.05, 4.69) is 10.2 Å². The van der Waals surface area contributed by atoms with E-state index in [4.69, 9.17) is 18.9 Å². The summed E-state index contributed by atoms with van der Waals surface area (Å²) in [6.07, 6.45) is 0. The molecule has 0 aliphatic carbocycles. The normalized spacial score (nSPS) is 13.8. The largest absolute Gasteiger partial charge is 0.493 e. The third-order valence-electron chi connectivity index (χ3n) is 4.50. The number of hydrogen-bond acceptors (Lipinski definition) is 6. The highest BCUT2D eigenvalue weighted by atomic mass is 19.1. The van der Waals surface area contributed by atoms with Gasteiger partial charge in [-0.25, -0.2) is 4.39 Å². The number of benzene rings is 2. The van der Waals surface area contributed by atoms with Gasteiger partial charge < -0.3 is 29.2 Å². The number of morpholine rings is 1. The number of nitrogens with zero attached hydrogens (tertiary/aromatic N) is 1. The molecule has 1 saturated heterocycles. The zero-order chi connectivity index (χ0) is 20.1. The van der Waals surface area contributed by atoms with Crippen LogP contribution in [0.3, 0.4) is 0 Å². The van der Waals surface area contributed by atoms with E-state index in [0.29, 0.717) is 43.6 Å². The minimum atomic E-state index is -0.516. The number of carbonyl (C=O) groups excluding carboxylic acids is 1. The van der Waals surface area contributed by atoms with Gasteiger partial charge in [0.15, 0.2) is 11.5 Å². The van der Waals surface area contributed by atoms with Crippen LogP contribution in [0.25, 0.3) is 0 Å². The summed E-state index contributed by atoms with van der Waals surface area (Å²) in [5.74, 6) is 0.0567. The van der Waals surface area contributed by atoms with Gasteiger partial charge in [-0.1, -0.05) is 0 Å². The van der Waals surface area contributed by atoms with Crippen LogP contribution in [0.1, 0.15) is 10.4 Å². The molecule has 0 saturated carbocycles. The number of rotatable bonds is 6. The fraction of sp³-hybridized carbons (Fsp3) is 0.350. The molecule has 8 heteroatoms. The molecule has 2 aromatic rings. The Morgan fingerprint density at radius 1 is 1.04 bits per heavy atom. The maximum absolute atomic E-state index is 14.3. The molecule has 1 heterocycles. The molecule has 1 aliphatic rings. The maximum atomic E-state index is 14.3. The predicted molar refractivity (Wildman–Crippen MR) is 103 cm³/mol. The summed E-state index contributed by atoms with van der Waals surface area (Å²) >= 11 is 0. The molecule has 0 aromatic heterocycles. The molecule has 3 rings (SSSR count). The van der Waals surface area contributed by atoms with Crippen LogP contribution < -0.4 is 24.4 Å². The lowest BCUT2D eigenvalue weighted by Gasteiger charge is -2.29. The first-order chi connectivity index (χ1) is 13.6. The van der Waals surface area contributed by atoms with E-state index in [9.17, 15) is 9.18 Å². The number of ether oxygens (including phenoxy) is 4. The van der Waals surface area contributed by atoms with Crippen LogP contribution in [-0.2, 0) is 4.74 Å². The number of halogens is 1. The summed E-state index contributed by atoms with van der Waals surface area (Å²) < 4.78 is 35.4. The standard InChI is InChI=1S/C20H23FN2O5/c1-25-17-10-13(11-18(26-2)19(17)27-3)20(24)22-16-12-14(4-5-15(16)21)23-6-8-28-9-7-23/h4-5,10-12H,6-9H2,1-3H3,(H,22,24). The molecular formula is C20H23FN2O5. The van der Waals surface area contributed by atoms with E-state index in [1.165, 1.54) is 39.5 Å². The Balaban J connectivity index is 1.86. The minimum absolute atomic E-state index is 0.0998. The van der Waals surface area contributed by atoms with Crippen LogP contribution in [0.5, 0.6) is 17.2 Å². The number of methoxy groups -OCH3 is 3. The molecule has 1 aliphatic heterocycles. The van der Waals surface area contributed by atoms with Crippen molar-refractivity contribution in [2.75, 3.05) is 57.8 Å². The summed E-state index contributed by atoms with van der Waals surface area (Å²) in [6.45, 7) is 2.66. The van der Waals surface area contributed by atoms with Gasteiger partial charge in [-0.2, -0.15) is 0 Å². The highest BCUT2D eigenvalue weighted by Gasteiger charge is 2.19. The van der Waals surface area contributed by atoms with Gasteiger partial charge in [0.2, 0.25) is 5.75 Å². The Labute approximate surface area is 162 Å². The summed E-state index contributed by atoms with van der Waals surface area (Å²) in [7, 11) is 4.40. The van der Waals surface area contributed by atoms with Crippen LogP contribution in [0.2, 0.25) is 0 Å². The SMILES string of the molecule is COc1cc(C(=O)Nc2cc(N3CCOCC3)ccc2F)cc(OC)c1OC. The molecule has 28 heavy (non-hydrogen) atoms. The average molecular weight is 390 g/mol. The van der Waals surface area contributed by atoms with Gasteiger partial charge in [0.1, 0.15) is 5.82 Å². The minimum Gasteiger partial charge on any atom is -0.493 e.